The molecule has 0 atom stereocenters. The second-order valence-electron chi connectivity index (χ2n) is 5.62. The van der Waals surface area contributed by atoms with Crippen LogP contribution in [-0.2, 0) is 12.8 Å². The number of hydrogen-bond donors (Lipinski definition) is 0. The minimum absolute atomic E-state index is 0.950. The third kappa shape index (κ3) is 1.72. The van der Waals surface area contributed by atoms with Crippen LogP contribution in [0.25, 0.3) is 21.5 Å². The van der Waals surface area contributed by atoms with Crippen molar-refractivity contribution >= 4 is 21.5 Å². The molecule has 0 radical (unpaired) electrons. The average molecular weight is 278 g/mol. The first kappa shape index (κ1) is 12.5. The highest BCUT2D eigenvalue weighted by molar-refractivity contribution is 6.14. The van der Waals surface area contributed by atoms with E-state index in [9.17, 15) is 0 Å². The van der Waals surface area contributed by atoms with Crippen molar-refractivity contribution in [2.75, 3.05) is 14.2 Å². The van der Waals surface area contributed by atoms with Gasteiger partial charge in [-0.05, 0) is 65.4 Å². The molecule has 0 amide bonds. The normalized spacial score (nSPS) is 13.6. The minimum atomic E-state index is 0.950. The van der Waals surface area contributed by atoms with Crippen molar-refractivity contribution in [1.29, 1.82) is 0 Å². The molecule has 0 unspecified atom stereocenters. The van der Waals surface area contributed by atoms with Crippen LogP contribution >= 0.6 is 0 Å². The first-order valence-corrected chi connectivity index (χ1v) is 7.41. The molecule has 0 N–H and O–H groups in total. The topological polar surface area (TPSA) is 18.5 Å². The summed E-state index contributed by atoms with van der Waals surface area (Å²) in [6.07, 6.45) is 3.44. The maximum Gasteiger partial charge on any atom is 0.126 e. The molecular formula is C19H18O2. The van der Waals surface area contributed by atoms with E-state index in [1.807, 2.05) is 0 Å². The van der Waals surface area contributed by atoms with E-state index >= 15 is 0 Å². The Kier molecular flexibility index (Phi) is 2.78. The molecule has 0 fully saturated rings. The first-order valence-electron chi connectivity index (χ1n) is 7.41. The van der Waals surface area contributed by atoms with E-state index in [4.69, 9.17) is 9.47 Å². The summed E-state index contributed by atoms with van der Waals surface area (Å²) in [6, 6.07) is 12.9. The third-order valence-corrected chi connectivity index (χ3v) is 4.58. The maximum atomic E-state index is 5.56. The Bertz CT molecular complexity index is 778. The number of methoxy groups -OCH3 is 2. The van der Waals surface area contributed by atoms with Gasteiger partial charge in [-0.3, -0.25) is 0 Å². The summed E-state index contributed by atoms with van der Waals surface area (Å²) in [4.78, 5) is 0. The van der Waals surface area contributed by atoms with Crippen LogP contribution in [0.1, 0.15) is 17.5 Å². The van der Waals surface area contributed by atoms with E-state index in [2.05, 4.69) is 36.4 Å². The van der Waals surface area contributed by atoms with Gasteiger partial charge >= 0.3 is 0 Å². The molecule has 0 aliphatic heterocycles. The highest BCUT2D eigenvalue weighted by Crippen LogP contribution is 2.41. The monoisotopic (exact) mass is 278 g/mol. The molecular weight excluding hydrogens is 260 g/mol. The van der Waals surface area contributed by atoms with Crippen molar-refractivity contribution < 1.29 is 9.47 Å². The highest BCUT2D eigenvalue weighted by atomic mass is 16.5. The summed E-state index contributed by atoms with van der Waals surface area (Å²) in [7, 11) is 3.48. The van der Waals surface area contributed by atoms with Gasteiger partial charge in [-0.25, -0.2) is 0 Å². The highest BCUT2D eigenvalue weighted by Gasteiger charge is 2.17. The largest absolute Gasteiger partial charge is 0.496 e. The van der Waals surface area contributed by atoms with Crippen molar-refractivity contribution in [2.45, 2.75) is 19.3 Å². The van der Waals surface area contributed by atoms with E-state index in [1.54, 1.807) is 14.2 Å². The molecule has 0 aromatic heterocycles. The van der Waals surface area contributed by atoms with E-state index in [-0.39, 0.29) is 0 Å². The SMILES string of the molecule is COc1ccc2c3c1ccc1c(OC)ccc(c13)CCC2. The maximum absolute atomic E-state index is 5.56. The Hall–Kier alpha value is -2.22. The fourth-order valence-corrected chi connectivity index (χ4v) is 3.62. The fraction of sp³-hybridized carbons (Fsp3) is 0.263. The van der Waals surface area contributed by atoms with Crippen molar-refractivity contribution in [1.82, 2.24) is 0 Å². The van der Waals surface area contributed by atoms with E-state index < -0.39 is 0 Å². The fourth-order valence-electron chi connectivity index (χ4n) is 3.62. The van der Waals surface area contributed by atoms with Gasteiger partial charge in [0.2, 0.25) is 0 Å². The van der Waals surface area contributed by atoms with Gasteiger partial charge < -0.3 is 9.47 Å². The van der Waals surface area contributed by atoms with Gasteiger partial charge in [-0.2, -0.15) is 0 Å². The predicted octanol–water partition coefficient (Wildman–Crippen LogP) is 4.50. The zero-order valence-electron chi connectivity index (χ0n) is 12.4. The summed E-state index contributed by atoms with van der Waals surface area (Å²) in [5, 5.41) is 5.11. The van der Waals surface area contributed by atoms with E-state index in [0.29, 0.717) is 0 Å². The van der Waals surface area contributed by atoms with Gasteiger partial charge in [-0.15, -0.1) is 0 Å². The van der Waals surface area contributed by atoms with Crippen molar-refractivity contribution in [3.63, 3.8) is 0 Å². The summed E-state index contributed by atoms with van der Waals surface area (Å²) in [5.41, 5.74) is 2.84. The molecule has 0 saturated heterocycles. The van der Waals surface area contributed by atoms with Gasteiger partial charge in [0.15, 0.2) is 0 Å². The molecule has 106 valence electrons. The number of ether oxygens (including phenoxy) is 2. The van der Waals surface area contributed by atoms with Crippen LogP contribution in [0.3, 0.4) is 0 Å². The van der Waals surface area contributed by atoms with Crippen LogP contribution in [0.4, 0.5) is 0 Å². The van der Waals surface area contributed by atoms with E-state index in [1.165, 1.54) is 39.1 Å². The lowest BCUT2D eigenvalue weighted by atomic mass is 9.94. The molecule has 2 nitrogen and oxygen atoms in total. The summed E-state index contributed by atoms with van der Waals surface area (Å²) < 4.78 is 11.1. The van der Waals surface area contributed by atoms with E-state index in [0.717, 1.165) is 24.3 Å². The molecule has 3 aromatic rings. The number of aryl methyl sites for hydroxylation is 2. The molecule has 1 aliphatic carbocycles. The Labute approximate surface area is 124 Å². The molecule has 0 spiro atoms. The standard InChI is InChI=1S/C19H18O2/c1-20-16-10-6-12-4-3-5-13-7-11-17(21-2)15-9-8-14(16)18(12)19(13)15/h6-11H,3-5H2,1-2H3. The lowest BCUT2D eigenvalue weighted by Gasteiger charge is -2.14. The van der Waals surface area contributed by atoms with Gasteiger partial charge in [-0.1, -0.05) is 12.1 Å². The Morgan fingerprint density at radius 2 is 1.14 bits per heavy atom. The van der Waals surface area contributed by atoms with Gasteiger partial charge in [0, 0.05) is 10.8 Å². The van der Waals surface area contributed by atoms with Gasteiger partial charge in [0.05, 0.1) is 14.2 Å². The molecule has 0 saturated carbocycles. The van der Waals surface area contributed by atoms with Crippen molar-refractivity contribution in [2.24, 2.45) is 0 Å². The molecule has 1 aliphatic rings. The molecule has 0 heterocycles. The van der Waals surface area contributed by atoms with Gasteiger partial charge in [0.1, 0.15) is 11.5 Å². The lowest BCUT2D eigenvalue weighted by molar-refractivity contribution is 0.419. The Balaban J connectivity index is 2.26. The zero-order chi connectivity index (χ0) is 14.4. The second kappa shape index (κ2) is 4.66. The number of hydrogen-bond acceptors (Lipinski definition) is 2. The molecule has 3 aromatic carbocycles. The second-order valence-corrected chi connectivity index (χ2v) is 5.62. The Morgan fingerprint density at radius 3 is 1.57 bits per heavy atom. The average Bonchev–Trinajstić information content (AvgIpc) is 2.72. The van der Waals surface area contributed by atoms with Crippen LogP contribution < -0.4 is 9.47 Å². The Morgan fingerprint density at radius 1 is 0.667 bits per heavy atom. The minimum Gasteiger partial charge on any atom is -0.496 e. The van der Waals surface area contributed by atoms with Crippen LogP contribution in [0.2, 0.25) is 0 Å². The van der Waals surface area contributed by atoms with Crippen LogP contribution in [0.15, 0.2) is 36.4 Å². The smallest absolute Gasteiger partial charge is 0.126 e. The first-order chi connectivity index (χ1) is 10.3. The number of rotatable bonds is 2. The predicted molar refractivity (Wildman–Crippen MR) is 86.6 cm³/mol. The summed E-state index contributed by atoms with van der Waals surface area (Å²) in [5.74, 6) is 1.90. The third-order valence-electron chi connectivity index (χ3n) is 4.58. The lowest BCUT2D eigenvalue weighted by Crippen LogP contribution is -1.92. The summed E-state index contributed by atoms with van der Waals surface area (Å²) in [6.45, 7) is 0. The van der Waals surface area contributed by atoms with Crippen LogP contribution in [0.5, 0.6) is 11.5 Å². The molecule has 21 heavy (non-hydrogen) atoms. The van der Waals surface area contributed by atoms with Crippen molar-refractivity contribution in [3.8, 4) is 11.5 Å². The molecule has 0 bridgehead atoms. The quantitative estimate of drug-likeness (QED) is 0.643. The van der Waals surface area contributed by atoms with Crippen LogP contribution in [0, 0.1) is 0 Å². The van der Waals surface area contributed by atoms with Crippen molar-refractivity contribution in [3.05, 3.63) is 47.5 Å². The molecule has 4 rings (SSSR count). The van der Waals surface area contributed by atoms with Crippen LogP contribution in [-0.4, -0.2) is 14.2 Å². The summed E-state index contributed by atoms with van der Waals surface area (Å²) >= 11 is 0. The zero-order valence-corrected chi connectivity index (χ0v) is 12.4. The molecule has 2 heteroatoms. The van der Waals surface area contributed by atoms with Gasteiger partial charge in [0.25, 0.3) is 0 Å². The number of benzene rings is 3.